The standard InChI is InChI=1S/C11H15O2/c1-9(2)12-10(3)13-11-7-5-4-6-8-11/h4-7,9-10H,1-3H3. The first-order valence-corrected chi connectivity index (χ1v) is 4.47. The molecule has 0 aromatic heterocycles. The van der Waals surface area contributed by atoms with Crippen molar-refractivity contribution in [2.24, 2.45) is 0 Å². The van der Waals surface area contributed by atoms with Crippen molar-refractivity contribution < 1.29 is 9.47 Å². The molecule has 13 heavy (non-hydrogen) atoms. The summed E-state index contributed by atoms with van der Waals surface area (Å²) in [7, 11) is 0. The number of hydrogen-bond donors (Lipinski definition) is 0. The summed E-state index contributed by atoms with van der Waals surface area (Å²) in [6, 6.07) is 10.5. The van der Waals surface area contributed by atoms with Crippen LogP contribution in [0.2, 0.25) is 0 Å². The molecule has 2 heteroatoms. The minimum absolute atomic E-state index is 0.179. The maximum atomic E-state index is 5.45. The molecular weight excluding hydrogens is 164 g/mol. The monoisotopic (exact) mass is 179 g/mol. The Morgan fingerprint density at radius 2 is 2.00 bits per heavy atom. The predicted molar refractivity (Wildman–Crippen MR) is 51.6 cm³/mol. The Morgan fingerprint density at radius 1 is 1.23 bits per heavy atom. The molecule has 0 saturated carbocycles. The SMILES string of the molecule is CC(C)OC(C)Oc1[c]cccc1. The first-order chi connectivity index (χ1) is 6.18. The Morgan fingerprint density at radius 3 is 2.54 bits per heavy atom. The fourth-order valence-corrected chi connectivity index (χ4v) is 1.04. The summed E-state index contributed by atoms with van der Waals surface area (Å²) < 4.78 is 10.9. The van der Waals surface area contributed by atoms with Gasteiger partial charge in [0.05, 0.1) is 6.10 Å². The largest absolute Gasteiger partial charge is 0.465 e. The topological polar surface area (TPSA) is 18.5 Å². The van der Waals surface area contributed by atoms with Crippen LogP contribution in [0, 0.1) is 6.07 Å². The molecule has 0 saturated heterocycles. The lowest BCUT2D eigenvalue weighted by Gasteiger charge is -2.17. The third-order valence-corrected chi connectivity index (χ3v) is 1.44. The van der Waals surface area contributed by atoms with Gasteiger partial charge in [-0.3, -0.25) is 0 Å². The molecule has 0 aliphatic carbocycles. The van der Waals surface area contributed by atoms with Crippen molar-refractivity contribution in [2.45, 2.75) is 33.2 Å². The van der Waals surface area contributed by atoms with Crippen molar-refractivity contribution in [3.05, 3.63) is 30.3 Å². The highest BCUT2D eigenvalue weighted by Crippen LogP contribution is 2.11. The van der Waals surface area contributed by atoms with Gasteiger partial charge in [0.15, 0.2) is 6.29 Å². The second-order valence-corrected chi connectivity index (χ2v) is 3.10. The first kappa shape index (κ1) is 10.1. The molecule has 1 aromatic rings. The Labute approximate surface area is 79.5 Å². The van der Waals surface area contributed by atoms with E-state index < -0.39 is 0 Å². The van der Waals surface area contributed by atoms with Crippen LogP contribution in [-0.2, 0) is 4.74 Å². The highest BCUT2D eigenvalue weighted by molar-refractivity contribution is 5.19. The van der Waals surface area contributed by atoms with Gasteiger partial charge in [0.1, 0.15) is 5.75 Å². The minimum Gasteiger partial charge on any atom is -0.465 e. The van der Waals surface area contributed by atoms with Gasteiger partial charge in [-0.1, -0.05) is 18.2 Å². The maximum absolute atomic E-state index is 5.45. The third-order valence-electron chi connectivity index (χ3n) is 1.44. The molecule has 0 amide bonds. The van der Waals surface area contributed by atoms with Gasteiger partial charge in [0.25, 0.3) is 0 Å². The van der Waals surface area contributed by atoms with Gasteiger partial charge in [0, 0.05) is 6.07 Å². The van der Waals surface area contributed by atoms with Crippen LogP contribution in [0.1, 0.15) is 20.8 Å². The van der Waals surface area contributed by atoms with Gasteiger partial charge in [-0.2, -0.15) is 0 Å². The lowest BCUT2D eigenvalue weighted by molar-refractivity contribution is -0.0951. The van der Waals surface area contributed by atoms with E-state index in [1.807, 2.05) is 45.0 Å². The van der Waals surface area contributed by atoms with E-state index in [9.17, 15) is 0 Å². The van der Waals surface area contributed by atoms with Crippen molar-refractivity contribution in [2.75, 3.05) is 0 Å². The fourth-order valence-electron chi connectivity index (χ4n) is 1.04. The summed E-state index contributed by atoms with van der Waals surface area (Å²) in [5.41, 5.74) is 0. The van der Waals surface area contributed by atoms with Crippen molar-refractivity contribution in [3.8, 4) is 5.75 Å². The van der Waals surface area contributed by atoms with Crippen LogP contribution >= 0.6 is 0 Å². The third kappa shape index (κ3) is 3.95. The van der Waals surface area contributed by atoms with Gasteiger partial charge >= 0.3 is 0 Å². The summed E-state index contributed by atoms with van der Waals surface area (Å²) >= 11 is 0. The highest BCUT2D eigenvalue weighted by atomic mass is 16.7. The first-order valence-electron chi connectivity index (χ1n) is 4.47. The van der Waals surface area contributed by atoms with Crippen LogP contribution < -0.4 is 4.74 Å². The summed E-state index contributed by atoms with van der Waals surface area (Å²) in [6.45, 7) is 5.84. The smallest absolute Gasteiger partial charge is 0.197 e. The summed E-state index contributed by atoms with van der Waals surface area (Å²) in [5.74, 6) is 0.718. The lowest BCUT2D eigenvalue weighted by atomic mass is 10.3. The second-order valence-electron chi connectivity index (χ2n) is 3.10. The Balaban J connectivity index is 2.41. The van der Waals surface area contributed by atoms with Gasteiger partial charge < -0.3 is 9.47 Å². The molecule has 1 unspecified atom stereocenters. The fraction of sp³-hybridized carbons (Fsp3) is 0.455. The van der Waals surface area contributed by atoms with Crippen molar-refractivity contribution in [1.29, 1.82) is 0 Å². The molecule has 0 aliphatic rings. The molecular formula is C11H15O2. The second kappa shape index (κ2) is 4.87. The minimum atomic E-state index is -0.223. The normalized spacial score (nSPS) is 12.9. The van der Waals surface area contributed by atoms with E-state index in [1.165, 1.54) is 0 Å². The molecule has 0 heterocycles. The summed E-state index contributed by atoms with van der Waals surface area (Å²) in [4.78, 5) is 0. The average molecular weight is 179 g/mol. The number of ether oxygens (including phenoxy) is 2. The van der Waals surface area contributed by atoms with Crippen LogP contribution in [0.5, 0.6) is 5.75 Å². The summed E-state index contributed by atoms with van der Waals surface area (Å²) in [5, 5.41) is 0. The molecule has 0 fully saturated rings. The molecule has 1 aromatic carbocycles. The molecule has 71 valence electrons. The van der Waals surface area contributed by atoms with Gasteiger partial charge in [0.2, 0.25) is 0 Å². The van der Waals surface area contributed by atoms with Gasteiger partial charge in [-0.15, -0.1) is 0 Å². The molecule has 0 N–H and O–H groups in total. The van der Waals surface area contributed by atoms with E-state index in [2.05, 4.69) is 6.07 Å². The van der Waals surface area contributed by atoms with Gasteiger partial charge in [-0.25, -0.2) is 0 Å². The van der Waals surface area contributed by atoms with E-state index in [4.69, 9.17) is 9.47 Å². The Hall–Kier alpha value is -1.02. The van der Waals surface area contributed by atoms with Crippen LogP contribution in [-0.4, -0.2) is 12.4 Å². The molecule has 1 radical (unpaired) electrons. The molecule has 0 spiro atoms. The van der Waals surface area contributed by atoms with Crippen LogP contribution in [0.4, 0.5) is 0 Å². The number of rotatable bonds is 4. The molecule has 1 rings (SSSR count). The molecule has 2 nitrogen and oxygen atoms in total. The molecule has 1 atom stereocenters. The average Bonchev–Trinajstić information content (AvgIpc) is 2.04. The zero-order valence-corrected chi connectivity index (χ0v) is 8.28. The van der Waals surface area contributed by atoms with Crippen molar-refractivity contribution in [1.82, 2.24) is 0 Å². The van der Waals surface area contributed by atoms with Crippen LogP contribution in [0.15, 0.2) is 24.3 Å². The number of para-hydroxylation sites is 1. The van der Waals surface area contributed by atoms with Gasteiger partial charge in [-0.05, 0) is 26.8 Å². The van der Waals surface area contributed by atoms with Crippen LogP contribution in [0.25, 0.3) is 0 Å². The Bertz CT molecular complexity index is 231. The van der Waals surface area contributed by atoms with Crippen molar-refractivity contribution in [3.63, 3.8) is 0 Å². The zero-order valence-electron chi connectivity index (χ0n) is 8.28. The van der Waals surface area contributed by atoms with E-state index in [0.29, 0.717) is 0 Å². The van der Waals surface area contributed by atoms with Crippen LogP contribution in [0.3, 0.4) is 0 Å². The number of hydrogen-bond acceptors (Lipinski definition) is 2. The lowest BCUT2D eigenvalue weighted by Crippen LogP contribution is -2.20. The number of benzene rings is 1. The molecule has 0 bridgehead atoms. The van der Waals surface area contributed by atoms with E-state index >= 15 is 0 Å². The van der Waals surface area contributed by atoms with E-state index in [0.717, 1.165) is 5.75 Å². The summed E-state index contributed by atoms with van der Waals surface area (Å²) in [6.07, 6.45) is -0.0441. The molecule has 0 aliphatic heterocycles. The van der Waals surface area contributed by atoms with E-state index in [-0.39, 0.29) is 12.4 Å². The quantitative estimate of drug-likeness (QED) is 0.661. The maximum Gasteiger partial charge on any atom is 0.197 e. The van der Waals surface area contributed by atoms with E-state index in [1.54, 1.807) is 0 Å². The predicted octanol–water partition coefficient (Wildman–Crippen LogP) is 2.64. The zero-order chi connectivity index (χ0) is 9.68. The van der Waals surface area contributed by atoms with Crippen molar-refractivity contribution >= 4 is 0 Å². The Kier molecular flexibility index (Phi) is 3.77. The highest BCUT2D eigenvalue weighted by Gasteiger charge is 2.05.